The first-order chi connectivity index (χ1) is 8.68. The van der Waals surface area contributed by atoms with Crippen LogP contribution in [-0.4, -0.2) is 29.8 Å². The van der Waals surface area contributed by atoms with E-state index in [1.54, 1.807) is 0 Å². The molecule has 1 fully saturated rings. The number of carbonyl (C=O) groups excluding carboxylic acids is 2. The van der Waals surface area contributed by atoms with E-state index in [4.69, 9.17) is 0 Å². The topological polar surface area (TPSA) is 49.4 Å². The minimum absolute atomic E-state index is 0.00565. The SMILES string of the molecule is CC(=O)N[C@H](C(=O)N1CCCC1)c1ccccc1. The van der Waals surface area contributed by atoms with Crippen molar-refractivity contribution in [3.8, 4) is 0 Å². The third-order valence-electron chi connectivity index (χ3n) is 3.15. The number of likely N-dealkylation sites (tertiary alicyclic amines) is 1. The van der Waals surface area contributed by atoms with Gasteiger partial charge in [-0.2, -0.15) is 0 Å². The number of amides is 2. The molecule has 0 spiro atoms. The Morgan fingerprint density at radius 1 is 1.17 bits per heavy atom. The quantitative estimate of drug-likeness (QED) is 0.878. The molecule has 1 heterocycles. The van der Waals surface area contributed by atoms with Crippen molar-refractivity contribution in [2.75, 3.05) is 13.1 Å². The predicted octanol–water partition coefficient (Wildman–Crippen LogP) is 1.49. The smallest absolute Gasteiger partial charge is 0.249 e. The molecule has 18 heavy (non-hydrogen) atoms. The van der Waals surface area contributed by atoms with Gasteiger partial charge in [0.25, 0.3) is 0 Å². The zero-order valence-electron chi connectivity index (χ0n) is 10.6. The first-order valence-electron chi connectivity index (χ1n) is 6.29. The van der Waals surface area contributed by atoms with Crippen LogP contribution < -0.4 is 5.32 Å². The lowest BCUT2D eigenvalue weighted by Crippen LogP contribution is -2.41. The fraction of sp³-hybridized carbons (Fsp3) is 0.429. The average Bonchev–Trinajstić information content (AvgIpc) is 2.90. The maximum Gasteiger partial charge on any atom is 0.249 e. The molecule has 2 rings (SSSR count). The molecule has 1 atom stereocenters. The summed E-state index contributed by atoms with van der Waals surface area (Å²) in [5.41, 5.74) is 0.838. The van der Waals surface area contributed by atoms with Gasteiger partial charge in [0.1, 0.15) is 6.04 Å². The number of nitrogens with zero attached hydrogens (tertiary/aromatic N) is 1. The van der Waals surface area contributed by atoms with Gasteiger partial charge in [0, 0.05) is 20.0 Å². The second kappa shape index (κ2) is 5.67. The summed E-state index contributed by atoms with van der Waals surface area (Å²) in [6, 6.07) is 8.84. The summed E-state index contributed by atoms with van der Waals surface area (Å²) in [6.45, 7) is 3.02. The summed E-state index contributed by atoms with van der Waals surface area (Å²) in [5.74, 6) is -0.190. The molecule has 96 valence electrons. The van der Waals surface area contributed by atoms with Crippen LogP contribution in [0.25, 0.3) is 0 Å². The maximum atomic E-state index is 12.4. The van der Waals surface area contributed by atoms with Gasteiger partial charge in [-0.1, -0.05) is 30.3 Å². The molecule has 1 aliphatic heterocycles. The molecule has 0 saturated carbocycles. The highest BCUT2D eigenvalue weighted by Gasteiger charge is 2.28. The van der Waals surface area contributed by atoms with Gasteiger partial charge in [-0.3, -0.25) is 9.59 Å². The minimum Gasteiger partial charge on any atom is -0.341 e. The van der Waals surface area contributed by atoms with Crippen LogP contribution in [0.15, 0.2) is 30.3 Å². The molecule has 1 aromatic carbocycles. The molecule has 1 aliphatic rings. The average molecular weight is 246 g/mol. The first-order valence-corrected chi connectivity index (χ1v) is 6.29. The third kappa shape index (κ3) is 2.88. The molecule has 0 radical (unpaired) electrons. The Morgan fingerprint density at radius 2 is 1.78 bits per heavy atom. The molecule has 1 saturated heterocycles. The van der Waals surface area contributed by atoms with E-state index in [1.807, 2.05) is 35.2 Å². The molecule has 4 nitrogen and oxygen atoms in total. The molecule has 2 amide bonds. The van der Waals surface area contributed by atoms with E-state index in [1.165, 1.54) is 6.92 Å². The van der Waals surface area contributed by atoms with Gasteiger partial charge >= 0.3 is 0 Å². The largest absolute Gasteiger partial charge is 0.341 e. The molecule has 0 bridgehead atoms. The van der Waals surface area contributed by atoms with Crippen molar-refractivity contribution in [1.29, 1.82) is 0 Å². The highest BCUT2D eigenvalue weighted by atomic mass is 16.2. The zero-order chi connectivity index (χ0) is 13.0. The third-order valence-corrected chi connectivity index (χ3v) is 3.15. The van der Waals surface area contributed by atoms with Crippen molar-refractivity contribution in [3.05, 3.63) is 35.9 Å². The number of benzene rings is 1. The van der Waals surface area contributed by atoms with Crippen LogP contribution in [0, 0.1) is 0 Å². The standard InChI is InChI=1S/C14H18N2O2/c1-11(17)15-13(12-7-3-2-4-8-12)14(18)16-9-5-6-10-16/h2-4,7-8,13H,5-6,9-10H2,1H3,(H,15,17)/t13-/m0/s1. The van der Waals surface area contributed by atoms with Crippen molar-refractivity contribution in [3.63, 3.8) is 0 Å². The zero-order valence-corrected chi connectivity index (χ0v) is 10.6. The number of carbonyl (C=O) groups is 2. The van der Waals surface area contributed by atoms with E-state index < -0.39 is 6.04 Å². The summed E-state index contributed by atoms with van der Waals surface area (Å²) >= 11 is 0. The number of hydrogen-bond acceptors (Lipinski definition) is 2. The van der Waals surface area contributed by atoms with E-state index in [0.717, 1.165) is 31.5 Å². The molecular formula is C14H18N2O2. The van der Waals surface area contributed by atoms with Gasteiger partial charge in [0.05, 0.1) is 0 Å². The van der Waals surface area contributed by atoms with Crippen molar-refractivity contribution >= 4 is 11.8 Å². The van der Waals surface area contributed by atoms with E-state index in [-0.39, 0.29) is 11.8 Å². The maximum absolute atomic E-state index is 12.4. The van der Waals surface area contributed by atoms with Crippen molar-refractivity contribution in [2.24, 2.45) is 0 Å². The fourth-order valence-electron chi connectivity index (χ4n) is 2.26. The lowest BCUT2D eigenvalue weighted by Gasteiger charge is -2.23. The summed E-state index contributed by atoms with van der Waals surface area (Å²) in [7, 11) is 0. The summed E-state index contributed by atoms with van der Waals surface area (Å²) in [5, 5.41) is 2.74. The highest BCUT2D eigenvalue weighted by molar-refractivity contribution is 5.88. The Kier molecular flexibility index (Phi) is 3.97. The summed E-state index contributed by atoms with van der Waals surface area (Å²) < 4.78 is 0. The van der Waals surface area contributed by atoms with E-state index in [2.05, 4.69) is 5.32 Å². The summed E-state index contributed by atoms with van der Waals surface area (Å²) in [6.07, 6.45) is 2.10. The van der Waals surface area contributed by atoms with Crippen molar-refractivity contribution < 1.29 is 9.59 Å². The number of rotatable bonds is 3. The van der Waals surface area contributed by atoms with Crippen LogP contribution in [0.3, 0.4) is 0 Å². The van der Waals surface area contributed by atoms with Crippen molar-refractivity contribution in [1.82, 2.24) is 10.2 Å². The van der Waals surface area contributed by atoms with Crippen LogP contribution in [0.4, 0.5) is 0 Å². The number of hydrogen-bond donors (Lipinski definition) is 1. The second-order valence-corrected chi connectivity index (χ2v) is 4.58. The Bertz CT molecular complexity index is 425. The minimum atomic E-state index is -0.554. The number of nitrogens with one attached hydrogen (secondary N) is 1. The van der Waals surface area contributed by atoms with Gasteiger partial charge in [0.15, 0.2) is 0 Å². The van der Waals surface area contributed by atoms with Crippen LogP contribution in [0.2, 0.25) is 0 Å². The van der Waals surface area contributed by atoms with Crippen LogP contribution >= 0.6 is 0 Å². The van der Waals surface area contributed by atoms with Gasteiger partial charge in [-0.15, -0.1) is 0 Å². The van der Waals surface area contributed by atoms with Crippen LogP contribution in [-0.2, 0) is 9.59 Å². The van der Waals surface area contributed by atoms with Crippen molar-refractivity contribution in [2.45, 2.75) is 25.8 Å². The molecule has 1 N–H and O–H groups in total. The van der Waals surface area contributed by atoms with E-state index >= 15 is 0 Å². The molecule has 0 aliphatic carbocycles. The Balaban J connectivity index is 2.19. The lowest BCUT2D eigenvalue weighted by atomic mass is 10.1. The van der Waals surface area contributed by atoms with Crippen LogP contribution in [0.5, 0.6) is 0 Å². The Labute approximate surface area is 107 Å². The molecule has 4 heteroatoms. The van der Waals surface area contributed by atoms with Gasteiger partial charge in [0.2, 0.25) is 11.8 Å². The van der Waals surface area contributed by atoms with E-state index in [0.29, 0.717) is 0 Å². The predicted molar refractivity (Wildman–Crippen MR) is 68.8 cm³/mol. The lowest BCUT2D eigenvalue weighted by molar-refractivity contribution is -0.135. The molecule has 0 aromatic heterocycles. The van der Waals surface area contributed by atoms with Gasteiger partial charge < -0.3 is 10.2 Å². The van der Waals surface area contributed by atoms with Gasteiger partial charge in [-0.05, 0) is 18.4 Å². The first kappa shape index (κ1) is 12.6. The molecule has 0 unspecified atom stereocenters. The molecule has 1 aromatic rings. The molecular weight excluding hydrogens is 228 g/mol. The monoisotopic (exact) mass is 246 g/mol. The highest BCUT2D eigenvalue weighted by Crippen LogP contribution is 2.19. The normalized spacial score (nSPS) is 16.4. The summed E-state index contributed by atoms with van der Waals surface area (Å²) in [4.78, 5) is 25.5. The van der Waals surface area contributed by atoms with Crippen LogP contribution in [0.1, 0.15) is 31.4 Å². The van der Waals surface area contributed by atoms with Gasteiger partial charge in [-0.25, -0.2) is 0 Å². The Hall–Kier alpha value is -1.84. The Morgan fingerprint density at radius 3 is 2.33 bits per heavy atom. The fourth-order valence-corrected chi connectivity index (χ4v) is 2.26. The van der Waals surface area contributed by atoms with E-state index in [9.17, 15) is 9.59 Å². The second-order valence-electron chi connectivity index (χ2n) is 4.58.